The van der Waals surface area contributed by atoms with E-state index in [1.54, 1.807) is 19.0 Å². The second-order valence-corrected chi connectivity index (χ2v) is 4.21. The van der Waals surface area contributed by atoms with Crippen LogP contribution in [0.4, 0.5) is 11.4 Å². The molecule has 0 heterocycles. The minimum absolute atomic E-state index is 0.0499. The average molecular weight is 295 g/mol. The van der Waals surface area contributed by atoms with E-state index in [2.05, 4.69) is 4.74 Å². The zero-order chi connectivity index (χ0) is 16.2. The number of hydrogen-bond acceptors (Lipinski definition) is 7. The molecule has 21 heavy (non-hydrogen) atoms. The number of hydrogen-bond donors (Lipinski definition) is 0. The number of nitrogens with zero attached hydrogens (tertiary/aromatic N) is 3. The molecule has 1 rings (SSSR count). The molecule has 0 bridgehead atoms. The SMILES string of the molecule is COC(=O)c1cc([N+](=O)[O-])cc([N+](=O)[O-])c1/C=C/N(C)C. The third kappa shape index (κ3) is 3.75. The van der Waals surface area contributed by atoms with E-state index in [1.807, 2.05) is 0 Å². The van der Waals surface area contributed by atoms with Crippen molar-refractivity contribution in [3.63, 3.8) is 0 Å². The van der Waals surface area contributed by atoms with E-state index < -0.39 is 27.2 Å². The zero-order valence-corrected chi connectivity index (χ0v) is 11.6. The molecule has 0 aromatic heterocycles. The van der Waals surface area contributed by atoms with Crippen LogP contribution >= 0.6 is 0 Å². The molecule has 0 aliphatic rings. The first kappa shape index (κ1) is 16.1. The molecular formula is C12H13N3O6. The predicted molar refractivity (Wildman–Crippen MR) is 73.8 cm³/mol. The maximum absolute atomic E-state index is 11.7. The number of rotatable bonds is 5. The van der Waals surface area contributed by atoms with E-state index in [-0.39, 0.29) is 11.1 Å². The lowest BCUT2D eigenvalue weighted by molar-refractivity contribution is -0.394. The molecule has 0 radical (unpaired) electrons. The molecule has 0 amide bonds. The van der Waals surface area contributed by atoms with Gasteiger partial charge in [0.2, 0.25) is 0 Å². The highest BCUT2D eigenvalue weighted by atomic mass is 16.6. The van der Waals surface area contributed by atoms with Crippen molar-refractivity contribution in [2.75, 3.05) is 21.2 Å². The van der Waals surface area contributed by atoms with Crippen molar-refractivity contribution < 1.29 is 19.4 Å². The smallest absolute Gasteiger partial charge is 0.338 e. The fourth-order valence-corrected chi connectivity index (χ4v) is 1.56. The van der Waals surface area contributed by atoms with E-state index in [9.17, 15) is 25.0 Å². The quantitative estimate of drug-likeness (QED) is 0.462. The molecule has 1 aromatic carbocycles. The summed E-state index contributed by atoms with van der Waals surface area (Å²) in [7, 11) is 4.46. The van der Waals surface area contributed by atoms with Crippen molar-refractivity contribution in [3.8, 4) is 0 Å². The number of benzene rings is 1. The van der Waals surface area contributed by atoms with Crippen LogP contribution in [-0.4, -0.2) is 41.9 Å². The zero-order valence-electron chi connectivity index (χ0n) is 11.6. The maximum atomic E-state index is 11.7. The summed E-state index contributed by atoms with van der Waals surface area (Å²) in [4.78, 5) is 33.6. The molecule has 9 heteroatoms. The number of nitro groups is 2. The maximum Gasteiger partial charge on any atom is 0.338 e. The standard InChI is InChI=1S/C12H13N3O6/c1-13(2)5-4-9-10(12(16)21-3)6-8(14(17)18)7-11(9)15(19)20/h4-7H,1-3H3/b5-4+. The largest absolute Gasteiger partial charge is 0.465 e. The third-order valence-electron chi connectivity index (χ3n) is 2.50. The minimum atomic E-state index is -0.889. The van der Waals surface area contributed by atoms with Crippen molar-refractivity contribution in [3.05, 3.63) is 49.7 Å². The first-order valence-corrected chi connectivity index (χ1v) is 5.67. The summed E-state index contributed by atoms with van der Waals surface area (Å²) >= 11 is 0. The van der Waals surface area contributed by atoms with Gasteiger partial charge < -0.3 is 9.64 Å². The van der Waals surface area contributed by atoms with Gasteiger partial charge in [-0.05, 0) is 12.3 Å². The van der Waals surface area contributed by atoms with Gasteiger partial charge >= 0.3 is 5.97 Å². The summed E-state index contributed by atoms with van der Waals surface area (Å²) in [5.74, 6) is -0.889. The van der Waals surface area contributed by atoms with Crippen molar-refractivity contribution in [2.45, 2.75) is 0 Å². The number of ether oxygens (including phenoxy) is 1. The van der Waals surface area contributed by atoms with E-state index in [4.69, 9.17) is 0 Å². The molecule has 0 atom stereocenters. The monoisotopic (exact) mass is 295 g/mol. The van der Waals surface area contributed by atoms with Crippen LogP contribution in [0.15, 0.2) is 18.3 Å². The first-order chi connectivity index (χ1) is 9.77. The lowest BCUT2D eigenvalue weighted by Gasteiger charge is -2.07. The number of carbonyl (C=O) groups excluding carboxylic acids is 1. The van der Waals surface area contributed by atoms with E-state index in [1.165, 1.54) is 12.3 Å². The van der Waals surface area contributed by atoms with Crippen molar-refractivity contribution in [2.24, 2.45) is 0 Å². The number of non-ortho nitro benzene ring substituents is 1. The summed E-state index contributed by atoms with van der Waals surface area (Å²) in [6.45, 7) is 0. The molecular weight excluding hydrogens is 282 g/mol. The second kappa shape index (κ2) is 6.46. The molecule has 0 N–H and O–H groups in total. The van der Waals surface area contributed by atoms with Crippen molar-refractivity contribution >= 4 is 23.4 Å². The summed E-state index contributed by atoms with van der Waals surface area (Å²) in [6.07, 6.45) is 2.81. The number of nitro benzene ring substituents is 2. The molecule has 0 fully saturated rings. The fraction of sp³-hybridized carbons (Fsp3) is 0.250. The Morgan fingerprint density at radius 3 is 2.29 bits per heavy atom. The highest BCUT2D eigenvalue weighted by Crippen LogP contribution is 2.30. The molecule has 0 aliphatic heterocycles. The van der Waals surface area contributed by atoms with E-state index in [0.717, 1.165) is 19.2 Å². The fourth-order valence-electron chi connectivity index (χ4n) is 1.56. The molecule has 0 saturated carbocycles. The first-order valence-electron chi connectivity index (χ1n) is 5.67. The molecule has 9 nitrogen and oxygen atoms in total. The van der Waals surface area contributed by atoms with Crippen LogP contribution in [0.2, 0.25) is 0 Å². The van der Waals surface area contributed by atoms with Gasteiger partial charge in [-0.2, -0.15) is 0 Å². The lowest BCUT2D eigenvalue weighted by Crippen LogP contribution is -2.08. The van der Waals surface area contributed by atoms with Gasteiger partial charge in [0.15, 0.2) is 0 Å². The van der Waals surface area contributed by atoms with Crippen LogP contribution in [0.1, 0.15) is 15.9 Å². The molecule has 0 saturated heterocycles. The van der Waals surface area contributed by atoms with Gasteiger partial charge in [0.05, 0.1) is 34.1 Å². The molecule has 0 spiro atoms. The number of esters is 1. The van der Waals surface area contributed by atoms with Gasteiger partial charge in [-0.1, -0.05) is 0 Å². The summed E-state index contributed by atoms with van der Waals surface area (Å²) in [5, 5.41) is 21.9. The summed E-state index contributed by atoms with van der Waals surface area (Å²) in [6, 6.07) is 1.76. The average Bonchev–Trinajstić information content (AvgIpc) is 2.42. The number of carbonyl (C=O) groups is 1. The molecule has 0 unspecified atom stereocenters. The van der Waals surface area contributed by atoms with Gasteiger partial charge in [-0.25, -0.2) is 4.79 Å². The minimum Gasteiger partial charge on any atom is -0.465 e. The van der Waals surface area contributed by atoms with Gasteiger partial charge in [0.1, 0.15) is 0 Å². The van der Waals surface area contributed by atoms with Gasteiger partial charge in [-0.3, -0.25) is 20.2 Å². The Labute approximate surface area is 119 Å². The van der Waals surface area contributed by atoms with Gasteiger partial charge in [0, 0.05) is 20.2 Å². The Kier molecular flexibility index (Phi) is 4.95. The summed E-state index contributed by atoms with van der Waals surface area (Å²) in [5.41, 5.74) is -1.38. The van der Waals surface area contributed by atoms with Gasteiger partial charge in [0.25, 0.3) is 11.4 Å². The topological polar surface area (TPSA) is 116 Å². The number of methoxy groups -OCH3 is 1. The van der Waals surface area contributed by atoms with E-state index in [0.29, 0.717) is 0 Å². The highest BCUT2D eigenvalue weighted by molar-refractivity contribution is 5.96. The van der Waals surface area contributed by atoms with Crippen LogP contribution in [-0.2, 0) is 4.74 Å². The Morgan fingerprint density at radius 1 is 1.24 bits per heavy atom. The van der Waals surface area contributed by atoms with Crippen LogP contribution < -0.4 is 0 Å². The van der Waals surface area contributed by atoms with Crippen molar-refractivity contribution in [1.82, 2.24) is 4.90 Å². The third-order valence-corrected chi connectivity index (χ3v) is 2.50. The molecule has 1 aromatic rings. The lowest BCUT2D eigenvalue weighted by atomic mass is 10.0. The van der Waals surface area contributed by atoms with E-state index >= 15 is 0 Å². The Hall–Kier alpha value is -2.97. The van der Waals surface area contributed by atoms with Crippen LogP contribution in [0, 0.1) is 20.2 Å². The second-order valence-electron chi connectivity index (χ2n) is 4.21. The van der Waals surface area contributed by atoms with Crippen LogP contribution in [0.25, 0.3) is 6.08 Å². The Bertz CT molecular complexity index is 624. The van der Waals surface area contributed by atoms with Crippen LogP contribution in [0.5, 0.6) is 0 Å². The highest BCUT2D eigenvalue weighted by Gasteiger charge is 2.26. The van der Waals surface area contributed by atoms with Gasteiger partial charge in [-0.15, -0.1) is 0 Å². The predicted octanol–water partition coefficient (Wildman–Crippen LogP) is 1.82. The van der Waals surface area contributed by atoms with Crippen molar-refractivity contribution in [1.29, 1.82) is 0 Å². The Morgan fingerprint density at radius 2 is 1.86 bits per heavy atom. The van der Waals surface area contributed by atoms with Crippen LogP contribution in [0.3, 0.4) is 0 Å². The molecule has 112 valence electrons. The normalized spacial score (nSPS) is 10.4. The molecule has 0 aliphatic carbocycles. The Balaban J connectivity index is 3.66. The summed E-state index contributed by atoms with van der Waals surface area (Å²) < 4.78 is 4.52.